The van der Waals surface area contributed by atoms with E-state index in [-0.39, 0.29) is 11.7 Å². The first kappa shape index (κ1) is 15.6. The second kappa shape index (κ2) is 7.27. The van der Waals surface area contributed by atoms with E-state index in [2.05, 4.69) is 13.5 Å². The van der Waals surface area contributed by atoms with Gasteiger partial charge < -0.3 is 14.4 Å². The summed E-state index contributed by atoms with van der Waals surface area (Å²) in [7, 11) is 0. The topological polar surface area (TPSA) is 38.8 Å². The number of hydrogen-bond donors (Lipinski definition) is 0. The van der Waals surface area contributed by atoms with Crippen LogP contribution in [-0.2, 0) is 16.1 Å². The van der Waals surface area contributed by atoms with Gasteiger partial charge in [-0.05, 0) is 25.3 Å². The highest BCUT2D eigenvalue weighted by atomic mass is 16.6. The molecule has 114 valence electrons. The zero-order chi connectivity index (χ0) is 15.1. The maximum absolute atomic E-state index is 12.0. The summed E-state index contributed by atoms with van der Waals surface area (Å²) in [5.74, 6) is 0. The lowest BCUT2D eigenvalue weighted by atomic mass is 9.93. The number of likely N-dealkylation sites (tertiary alicyclic amines) is 1. The summed E-state index contributed by atoms with van der Waals surface area (Å²) in [4.78, 5) is 13.8. The molecule has 0 saturated carbocycles. The predicted octanol–water partition coefficient (Wildman–Crippen LogP) is 3.38. The smallest absolute Gasteiger partial charge is 0.410 e. The highest BCUT2D eigenvalue weighted by Crippen LogP contribution is 2.26. The molecule has 21 heavy (non-hydrogen) atoms. The van der Waals surface area contributed by atoms with Gasteiger partial charge in [-0.2, -0.15) is 0 Å². The number of piperidine rings is 1. The highest BCUT2D eigenvalue weighted by molar-refractivity contribution is 5.67. The molecule has 1 saturated heterocycles. The number of amides is 1. The maximum Gasteiger partial charge on any atom is 0.410 e. The van der Waals surface area contributed by atoms with Gasteiger partial charge in [0.2, 0.25) is 0 Å². The number of benzene rings is 1. The van der Waals surface area contributed by atoms with Crippen LogP contribution >= 0.6 is 0 Å². The molecule has 1 aliphatic rings. The number of carbonyl (C=O) groups excluding carboxylic acids is 1. The Kier molecular flexibility index (Phi) is 5.39. The average Bonchev–Trinajstić information content (AvgIpc) is 2.52. The third kappa shape index (κ3) is 4.60. The van der Waals surface area contributed by atoms with Gasteiger partial charge >= 0.3 is 6.09 Å². The van der Waals surface area contributed by atoms with Gasteiger partial charge in [-0.1, -0.05) is 36.4 Å². The van der Waals surface area contributed by atoms with Gasteiger partial charge in [0.15, 0.2) is 0 Å². The first-order valence-electron chi connectivity index (χ1n) is 7.33. The molecule has 0 aliphatic carbocycles. The van der Waals surface area contributed by atoms with Crippen molar-refractivity contribution in [3.8, 4) is 0 Å². The first-order valence-corrected chi connectivity index (χ1v) is 7.33. The molecule has 4 nitrogen and oxygen atoms in total. The van der Waals surface area contributed by atoms with E-state index >= 15 is 0 Å². The van der Waals surface area contributed by atoms with E-state index < -0.39 is 0 Å². The van der Waals surface area contributed by atoms with Gasteiger partial charge in [-0.25, -0.2) is 4.79 Å². The van der Waals surface area contributed by atoms with Crippen LogP contribution in [0.15, 0.2) is 43.0 Å². The van der Waals surface area contributed by atoms with Crippen LogP contribution in [0.2, 0.25) is 0 Å². The van der Waals surface area contributed by atoms with Crippen LogP contribution in [0, 0.1) is 0 Å². The Labute approximate surface area is 126 Å². The fourth-order valence-corrected chi connectivity index (χ4v) is 2.38. The summed E-state index contributed by atoms with van der Waals surface area (Å²) >= 11 is 0. The summed E-state index contributed by atoms with van der Waals surface area (Å²) < 4.78 is 11.1. The lowest BCUT2D eigenvalue weighted by molar-refractivity contribution is -0.0573. The SMILES string of the molecule is C=CCOC1(C)CCN(C(=O)OCc2ccccc2)CC1. The summed E-state index contributed by atoms with van der Waals surface area (Å²) in [6.07, 6.45) is 3.15. The van der Waals surface area contributed by atoms with Crippen LogP contribution in [-0.4, -0.2) is 36.3 Å². The number of carbonyl (C=O) groups is 1. The maximum atomic E-state index is 12.0. The van der Waals surface area contributed by atoms with Gasteiger partial charge in [-0.3, -0.25) is 0 Å². The van der Waals surface area contributed by atoms with Gasteiger partial charge in [0.05, 0.1) is 12.2 Å². The van der Waals surface area contributed by atoms with Crippen LogP contribution in [0.25, 0.3) is 0 Å². The molecule has 1 heterocycles. The standard InChI is InChI=1S/C17H23NO3/c1-3-13-21-17(2)9-11-18(12-10-17)16(19)20-14-15-7-5-4-6-8-15/h3-8H,1,9-14H2,2H3. The molecular formula is C17H23NO3. The minimum Gasteiger partial charge on any atom is -0.445 e. The molecule has 0 N–H and O–H groups in total. The van der Waals surface area contributed by atoms with E-state index in [1.165, 1.54) is 0 Å². The highest BCUT2D eigenvalue weighted by Gasteiger charge is 2.32. The lowest BCUT2D eigenvalue weighted by Crippen LogP contribution is -2.46. The van der Waals surface area contributed by atoms with Crippen molar-refractivity contribution < 1.29 is 14.3 Å². The number of ether oxygens (including phenoxy) is 2. The van der Waals surface area contributed by atoms with Crippen molar-refractivity contribution in [3.63, 3.8) is 0 Å². The van der Waals surface area contributed by atoms with Crippen LogP contribution in [0.3, 0.4) is 0 Å². The largest absolute Gasteiger partial charge is 0.445 e. The third-order valence-electron chi connectivity index (χ3n) is 3.83. The van der Waals surface area contributed by atoms with Crippen molar-refractivity contribution >= 4 is 6.09 Å². The Bertz CT molecular complexity index is 464. The van der Waals surface area contributed by atoms with E-state index in [4.69, 9.17) is 9.47 Å². The molecule has 1 fully saturated rings. The molecule has 0 aromatic heterocycles. The van der Waals surface area contributed by atoms with E-state index in [1.54, 1.807) is 11.0 Å². The van der Waals surface area contributed by atoms with E-state index in [9.17, 15) is 4.79 Å². The Morgan fingerprint density at radius 2 is 2.00 bits per heavy atom. The minimum absolute atomic E-state index is 0.162. The van der Waals surface area contributed by atoms with Crippen LogP contribution in [0.1, 0.15) is 25.3 Å². The van der Waals surface area contributed by atoms with Crippen molar-refractivity contribution in [1.82, 2.24) is 4.90 Å². The first-order chi connectivity index (χ1) is 10.1. The minimum atomic E-state index is -0.246. The van der Waals surface area contributed by atoms with Gasteiger partial charge in [0.25, 0.3) is 0 Å². The molecule has 0 unspecified atom stereocenters. The lowest BCUT2D eigenvalue weighted by Gasteiger charge is -2.38. The molecule has 1 aromatic carbocycles. The Hall–Kier alpha value is -1.81. The fourth-order valence-electron chi connectivity index (χ4n) is 2.38. The summed E-state index contributed by atoms with van der Waals surface area (Å²) in [5.41, 5.74) is 0.840. The second-order valence-electron chi connectivity index (χ2n) is 5.58. The Morgan fingerprint density at radius 1 is 1.33 bits per heavy atom. The Balaban J connectivity index is 1.76. The average molecular weight is 289 g/mol. The summed E-state index contributed by atoms with van der Waals surface area (Å²) in [6.45, 7) is 7.96. The zero-order valence-corrected chi connectivity index (χ0v) is 12.6. The van der Waals surface area contributed by atoms with Crippen LogP contribution < -0.4 is 0 Å². The van der Waals surface area contributed by atoms with Crippen molar-refractivity contribution in [2.45, 2.75) is 32.0 Å². The normalized spacial score (nSPS) is 17.3. The zero-order valence-electron chi connectivity index (χ0n) is 12.6. The van der Waals surface area contributed by atoms with Crippen molar-refractivity contribution in [2.24, 2.45) is 0 Å². The third-order valence-corrected chi connectivity index (χ3v) is 3.83. The van der Waals surface area contributed by atoms with Gasteiger partial charge in [0.1, 0.15) is 6.61 Å². The molecule has 0 radical (unpaired) electrons. The van der Waals surface area contributed by atoms with Crippen molar-refractivity contribution in [2.75, 3.05) is 19.7 Å². The van der Waals surface area contributed by atoms with Crippen molar-refractivity contribution in [1.29, 1.82) is 0 Å². The van der Waals surface area contributed by atoms with Crippen molar-refractivity contribution in [3.05, 3.63) is 48.6 Å². The molecule has 1 amide bonds. The molecule has 1 aromatic rings. The molecule has 2 rings (SSSR count). The molecule has 0 bridgehead atoms. The summed E-state index contributed by atoms with van der Waals surface area (Å²) in [5, 5.41) is 0. The van der Waals surface area contributed by atoms with Gasteiger partial charge in [0, 0.05) is 13.1 Å². The second-order valence-corrected chi connectivity index (χ2v) is 5.58. The predicted molar refractivity (Wildman–Crippen MR) is 82.0 cm³/mol. The Morgan fingerprint density at radius 3 is 2.62 bits per heavy atom. The summed E-state index contributed by atoms with van der Waals surface area (Å²) in [6, 6.07) is 9.71. The molecular weight excluding hydrogens is 266 g/mol. The number of rotatable bonds is 5. The molecule has 1 aliphatic heterocycles. The molecule has 4 heteroatoms. The quantitative estimate of drug-likeness (QED) is 0.780. The number of nitrogens with zero attached hydrogens (tertiary/aromatic N) is 1. The molecule has 0 atom stereocenters. The van der Waals surface area contributed by atoms with Crippen LogP contribution in [0.4, 0.5) is 4.79 Å². The number of hydrogen-bond acceptors (Lipinski definition) is 3. The fraction of sp³-hybridized carbons (Fsp3) is 0.471. The monoisotopic (exact) mass is 289 g/mol. The van der Waals surface area contributed by atoms with E-state index in [1.807, 2.05) is 30.3 Å². The van der Waals surface area contributed by atoms with Crippen LogP contribution in [0.5, 0.6) is 0 Å². The molecule has 0 spiro atoms. The van der Waals surface area contributed by atoms with Gasteiger partial charge in [-0.15, -0.1) is 6.58 Å². The van der Waals surface area contributed by atoms with E-state index in [0.29, 0.717) is 26.3 Å². The van der Waals surface area contributed by atoms with E-state index in [0.717, 1.165) is 18.4 Å².